The highest BCUT2D eigenvalue weighted by atomic mass is 32.2. The van der Waals surface area contributed by atoms with Crippen LogP contribution in [0.2, 0.25) is 0 Å². The molecule has 2 N–H and O–H groups in total. The Hall–Kier alpha value is -1.76. The molecule has 1 aromatic carbocycles. The molecule has 1 aliphatic heterocycles. The first-order valence-corrected chi connectivity index (χ1v) is 8.82. The summed E-state index contributed by atoms with van der Waals surface area (Å²) in [5.74, 6) is 0.118. The largest absolute Gasteiger partial charge is 0.382 e. The molecule has 0 atom stereocenters. The zero-order valence-electron chi connectivity index (χ0n) is 12.3. The molecular formula is C14H21N3O3S. The highest BCUT2D eigenvalue weighted by Crippen LogP contribution is 2.20. The van der Waals surface area contributed by atoms with E-state index in [-0.39, 0.29) is 5.91 Å². The molecule has 2 rings (SSSR count). The van der Waals surface area contributed by atoms with Gasteiger partial charge in [0, 0.05) is 31.7 Å². The van der Waals surface area contributed by atoms with Crippen LogP contribution in [0.15, 0.2) is 24.3 Å². The molecule has 1 heterocycles. The Morgan fingerprint density at radius 3 is 2.43 bits per heavy atom. The van der Waals surface area contributed by atoms with Gasteiger partial charge in [-0.15, -0.1) is 0 Å². The Bertz CT molecular complexity index is 608. The first kappa shape index (κ1) is 15.6. The third-order valence-corrected chi connectivity index (χ3v) is 4.08. The molecule has 1 aliphatic rings. The van der Waals surface area contributed by atoms with Crippen LogP contribution in [0.5, 0.6) is 0 Å². The summed E-state index contributed by atoms with van der Waals surface area (Å²) in [4.78, 5) is 13.1. The molecule has 7 heteroatoms. The van der Waals surface area contributed by atoms with Gasteiger partial charge < -0.3 is 10.2 Å². The second-order valence-corrected chi connectivity index (χ2v) is 7.13. The summed E-state index contributed by atoms with van der Waals surface area (Å²) in [5, 5.41) is 3.39. The second kappa shape index (κ2) is 6.34. The Labute approximate surface area is 125 Å². The molecule has 0 radical (unpaired) electrons. The van der Waals surface area contributed by atoms with E-state index in [1.807, 2.05) is 11.0 Å². The van der Waals surface area contributed by atoms with E-state index in [1.54, 1.807) is 25.1 Å². The fourth-order valence-electron chi connectivity index (χ4n) is 2.46. The summed E-state index contributed by atoms with van der Waals surface area (Å²) in [7, 11) is -3.27. The van der Waals surface area contributed by atoms with Crippen molar-refractivity contribution in [1.82, 2.24) is 4.90 Å². The van der Waals surface area contributed by atoms with Crippen molar-refractivity contribution in [3.05, 3.63) is 24.3 Å². The van der Waals surface area contributed by atoms with Gasteiger partial charge in [0.2, 0.25) is 15.9 Å². The number of carbonyl (C=O) groups excluding carboxylic acids is 1. The molecule has 6 nitrogen and oxygen atoms in total. The lowest BCUT2D eigenvalue weighted by atomic mass is 10.0. The summed E-state index contributed by atoms with van der Waals surface area (Å²) in [5.41, 5.74) is 1.42. The van der Waals surface area contributed by atoms with E-state index in [4.69, 9.17) is 0 Å². The van der Waals surface area contributed by atoms with Gasteiger partial charge in [-0.25, -0.2) is 8.42 Å². The third-order valence-electron chi connectivity index (χ3n) is 3.48. The van der Waals surface area contributed by atoms with Gasteiger partial charge in [-0.3, -0.25) is 9.52 Å². The van der Waals surface area contributed by atoms with Crippen LogP contribution in [0.25, 0.3) is 0 Å². The second-order valence-electron chi connectivity index (χ2n) is 5.38. The molecule has 0 aliphatic carbocycles. The Kier molecular flexibility index (Phi) is 4.72. The number of piperidine rings is 1. The zero-order valence-corrected chi connectivity index (χ0v) is 13.1. The number of carbonyl (C=O) groups is 1. The van der Waals surface area contributed by atoms with Crippen molar-refractivity contribution >= 4 is 27.3 Å². The lowest BCUT2D eigenvalue weighted by Gasteiger charge is -2.32. The molecule has 1 aromatic rings. The lowest BCUT2D eigenvalue weighted by molar-refractivity contribution is -0.129. The minimum absolute atomic E-state index is 0.118. The molecule has 0 unspecified atom stereocenters. The number of sulfonamides is 1. The predicted molar refractivity (Wildman–Crippen MR) is 83.8 cm³/mol. The fraction of sp³-hybridized carbons (Fsp3) is 0.500. The van der Waals surface area contributed by atoms with Crippen LogP contribution in [0.4, 0.5) is 11.4 Å². The quantitative estimate of drug-likeness (QED) is 0.883. The van der Waals surface area contributed by atoms with Crippen LogP contribution in [0, 0.1) is 0 Å². The molecule has 1 fully saturated rings. The predicted octanol–water partition coefficient (Wildman–Crippen LogP) is 1.48. The molecule has 116 valence electrons. The monoisotopic (exact) mass is 311 g/mol. The van der Waals surface area contributed by atoms with Gasteiger partial charge in [0.05, 0.1) is 11.9 Å². The zero-order chi connectivity index (χ0) is 15.5. The first-order chi connectivity index (χ1) is 9.83. The normalized spacial score (nSPS) is 16.6. The van der Waals surface area contributed by atoms with Crippen molar-refractivity contribution in [2.75, 3.05) is 29.4 Å². The third kappa shape index (κ3) is 4.93. The number of hydrogen-bond donors (Lipinski definition) is 2. The summed E-state index contributed by atoms with van der Waals surface area (Å²) >= 11 is 0. The van der Waals surface area contributed by atoms with Crippen molar-refractivity contribution in [2.45, 2.75) is 25.8 Å². The van der Waals surface area contributed by atoms with Gasteiger partial charge >= 0.3 is 0 Å². The van der Waals surface area contributed by atoms with Gasteiger partial charge in [-0.2, -0.15) is 0 Å². The van der Waals surface area contributed by atoms with E-state index in [1.165, 1.54) is 0 Å². The van der Waals surface area contributed by atoms with Crippen LogP contribution in [0.1, 0.15) is 19.8 Å². The van der Waals surface area contributed by atoms with E-state index in [0.29, 0.717) is 11.7 Å². The van der Waals surface area contributed by atoms with Crippen LogP contribution < -0.4 is 10.0 Å². The average molecular weight is 311 g/mol. The number of anilines is 2. The molecule has 1 amide bonds. The number of benzene rings is 1. The number of amides is 1. The van der Waals surface area contributed by atoms with Crippen molar-refractivity contribution < 1.29 is 13.2 Å². The maximum atomic E-state index is 11.3. The SMILES string of the molecule is CC(=O)N1CCC(Nc2cccc(NS(C)(=O)=O)c2)CC1. The highest BCUT2D eigenvalue weighted by molar-refractivity contribution is 7.92. The van der Waals surface area contributed by atoms with E-state index in [9.17, 15) is 13.2 Å². The molecule has 0 aromatic heterocycles. The van der Waals surface area contributed by atoms with Crippen LogP contribution >= 0.6 is 0 Å². The minimum Gasteiger partial charge on any atom is -0.382 e. The molecule has 0 spiro atoms. The van der Waals surface area contributed by atoms with Crippen molar-refractivity contribution in [2.24, 2.45) is 0 Å². The van der Waals surface area contributed by atoms with Crippen molar-refractivity contribution in [3.63, 3.8) is 0 Å². The summed E-state index contributed by atoms with van der Waals surface area (Å²) in [6, 6.07) is 7.50. The fourth-order valence-corrected chi connectivity index (χ4v) is 3.02. The lowest BCUT2D eigenvalue weighted by Crippen LogP contribution is -2.41. The van der Waals surface area contributed by atoms with Gasteiger partial charge in [-0.1, -0.05) is 6.07 Å². The van der Waals surface area contributed by atoms with E-state index >= 15 is 0 Å². The Morgan fingerprint density at radius 2 is 1.86 bits per heavy atom. The summed E-state index contributed by atoms with van der Waals surface area (Å²) in [6.45, 7) is 3.11. The molecule has 21 heavy (non-hydrogen) atoms. The van der Waals surface area contributed by atoms with Crippen molar-refractivity contribution in [3.8, 4) is 0 Å². The average Bonchev–Trinajstić information content (AvgIpc) is 2.37. The van der Waals surface area contributed by atoms with E-state index < -0.39 is 10.0 Å². The molecule has 1 saturated heterocycles. The van der Waals surface area contributed by atoms with Crippen LogP contribution in [-0.4, -0.2) is 44.6 Å². The van der Waals surface area contributed by atoms with Gasteiger partial charge in [0.25, 0.3) is 0 Å². The van der Waals surface area contributed by atoms with E-state index in [2.05, 4.69) is 10.0 Å². The number of nitrogens with zero attached hydrogens (tertiary/aromatic N) is 1. The molecule has 0 bridgehead atoms. The topological polar surface area (TPSA) is 78.5 Å². The Balaban J connectivity index is 1.95. The first-order valence-electron chi connectivity index (χ1n) is 6.93. The Morgan fingerprint density at radius 1 is 1.24 bits per heavy atom. The van der Waals surface area contributed by atoms with Crippen molar-refractivity contribution in [1.29, 1.82) is 0 Å². The molecular weight excluding hydrogens is 290 g/mol. The number of rotatable bonds is 4. The van der Waals surface area contributed by atoms with Gasteiger partial charge in [0.15, 0.2) is 0 Å². The smallest absolute Gasteiger partial charge is 0.229 e. The molecule has 0 saturated carbocycles. The highest BCUT2D eigenvalue weighted by Gasteiger charge is 2.20. The maximum Gasteiger partial charge on any atom is 0.229 e. The maximum absolute atomic E-state index is 11.3. The standard InChI is InChI=1S/C14H21N3O3S/c1-11(18)17-8-6-12(7-9-17)15-13-4-3-5-14(10-13)16-21(2,19)20/h3-5,10,12,15-16H,6-9H2,1-2H3. The van der Waals surface area contributed by atoms with Gasteiger partial charge in [0.1, 0.15) is 0 Å². The minimum atomic E-state index is -3.27. The van der Waals surface area contributed by atoms with Crippen LogP contribution in [0.3, 0.4) is 0 Å². The van der Waals surface area contributed by atoms with E-state index in [0.717, 1.165) is 37.9 Å². The number of likely N-dealkylation sites (tertiary alicyclic amines) is 1. The number of hydrogen-bond acceptors (Lipinski definition) is 4. The van der Waals surface area contributed by atoms with Crippen LogP contribution in [-0.2, 0) is 14.8 Å². The van der Waals surface area contributed by atoms with Gasteiger partial charge in [-0.05, 0) is 31.0 Å². The number of nitrogens with one attached hydrogen (secondary N) is 2. The summed E-state index contributed by atoms with van der Waals surface area (Å²) in [6.07, 6.45) is 2.91. The summed E-state index contributed by atoms with van der Waals surface area (Å²) < 4.78 is 24.9.